The number of benzene rings is 1. The van der Waals surface area contributed by atoms with E-state index in [1.54, 1.807) is 13.2 Å². The Morgan fingerprint density at radius 1 is 1.38 bits per heavy atom. The molecular formula is C11H15ClN2O2. The van der Waals surface area contributed by atoms with Crippen molar-refractivity contribution in [1.82, 2.24) is 5.32 Å². The Morgan fingerprint density at radius 3 is 2.69 bits per heavy atom. The van der Waals surface area contributed by atoms with Crippen LogP contribution >= 0.6 is 11.6 Å². The molecule has 5 heteroatoms. The minimum absolute atomic E-state index is 0.0644. The number of hydrogen-bond donors (Lipinski definition) is 2. The lowest BCUT2D eigenvalue weighted by Gasteiger charge is -2.29. The van der Waals surface area contributed by atoms with Crippen molar-refractivity contribution in [2.45, 2.75) is 0 Å². The number of aromatic hydroxyl groups is 1. The lowest BCUT2D eigenvalue weighted by Crippen LogP contribution is -2.43. The van der Waals surface area contributed by atoms with Gasteiger partial charge in [0.15, 0.2) is 0 Å². The number of phenols is 1. The summed E-state index contributed by atoms with van der Waals surface area (Å²) in [5, 5.41) is 13.2. The Kier molecular flexibility index (Phi) is 3.41. The molecule has 1 aromatic carbocycles. The van der Waals surface area contributed by atoms with Gasteiger partial charge in [-0.25, -0.2) is 0 Å². The van der Waals surface area contributed by atoms with Gasteiger partial charge in [-0.3, -0.25) is 0 Å². The molecule has 4 nitrogen and oxygen atoms in total. The summed E-state index contributed by atoms with van der Waals surface area (Å²) in [5.74, 6) is 0.574. The Hall–Kier alpha value is -1.13. The smallest absolute Gasteiger partial charge is 0.143 e. The zero-order chi connectivity index (χ0) is 11.5. The third-order valence-corrected chi connectivity index (χ3v) is 3.09. The maximum Gasteiger partial charge on any atom is 0.143 e. The van der Waals surface area contributed by atoms with E-state index in [9.17, 15) is 5.11 Å². The van der Waals surface area contributed by atoms with Gasteiger partial charge in [-0.2, -0.15) is 0 Å². The molecule has 0 amide bonds. The monoisotopic (exact) mass is 242 g/mol. The predicted molar refractivity (Wildman–Crippen MR) is 64.8 cm³/mol. The lowest BCUT2D eigenvalue weighted by atomic mass is 10.2. The van der Waals surface area contributed by atoms with Crippen LogP contribution in [0.15, 0.2) is 12.1 Å². The molecule has 0 atom stereocenters. The lowest BCUT2D eigenvalue weighted by molar-refractivity contribution is 0.408. The van der Waals surface area contributed by atoms with Crippen LogP contribution in [0.25, 0.3) is 0 Å². The number of rotatable bonds is 2. The van der Waals surface area contributed by atoms with Crippen molar-refractivity contribution in [1.29, 1.82) is 0 Å². The second-order valence-corrected chi connectivity index (χ2v) is 4.10. The first-order valence-corrected chi connectivity index (χ1v) is 5.62. The van der Waals surface area contributed by atoms with E-state index in [4.69, 9.17) is 16.3 Å². The molecule has 0 unspecified atom stereocenters. The van der Waals surface area contributed by atoms with Crippen molar-refractivity contribution in [2.75, 3.05) is 38.2 Å². The van der Waals surface area contributed by atoms with Crippen LogP contribution < -0.4 is 15.0 Å². The molecule has 0 aromatic heterocycles. The third kappa shape index (κ3) is 2.18. The van der Waals surface area contributed by atoms with Crippen molar-refractivity contribution >= 4 is 17.3 Å². The number of hydrogen-bond acceptors (Lipinski definition) is 4. The summed E-state index contributed by atoms with van der Waals surface area (Å²) < 4.78 is 5.12. The number of ether oxygens (including phenoxy) is 1. The standard InChI is InChI=1S/C11H15ClN2O2/c1-16-10-7-8(6-9(15)11(10)12)14-4-2-13-3-5-14/h6-7,13,15H,2-5H2,1H3. The van der Waals surface area contributed by atoms with Gasteiger partial charge in [-0.15, -0.1) is 0 Å². The summed E-state index contributed by atoms with van der Waals surface area (Å²) in [6.45, 7) is 3.74. The molecule has 0 spiro atoms. The van der Waals surface area contributed by atoms with Crippen LogP contribution in [-0.4, -0.2) is 38.4 Å². The van der Waals surface area contributed by atoms with Crippen LogP contribution in [0.4, 0.5) is 5.69 Å². The summed E-state index contributed by atoms with van der Waals surface area (Å²) >= 11 is 5.90. The number of anilines is 1. The highest BCUT2D eigenvalue weighted by Gasteiger charge is 2.15. The van der Waals surface area contributed by atoms with Crippen LogP contribution in [-0.2, 0) is 0 Å². The molecule has 1 saturated heterocycles. The number of nitrogens with one attached hydrogen (secondary N) is 1. The van der Waals surface area contributed by atoms with Crippen molar-refractivity contribution in [3.05, 3.63) is 17.2 Å². The molecule has 0 aliphatic carbocycles. The summed E-state index contributed by atoms with van der Waals surface area (Å²) in [6, 6.07) is 3.53. The van der Waals surface area contributed by atoms with Gasteiger partial charge >= 0.3 is 0 Å². The normalized spacial score (nSPS) is 16.2. The Labute approximate surface area is 99.8 Å². The average molecular weight is 243 g/mol. The first-order valence-electron chi connectivity index (χ1n) is 5.24. The van der Waals surface area contributed by atoms with E-state index in [0.717, 1.165) is 31.9 Å². The Balaban J connectivity index is 2.29. The van der Waals surface area contributed by atoms with Gasteiger partial charge < -0.3 is 20.1 Å². The van der Waals surface area contributed by atoms with Crippen LogP contribution in [0.1, 0.15) is 0 Å². The maximum atomic E-state index is 9.69. The molecule has 1 aliphatic heterocycles. The number of phenolic OH excluding ortho intramolecular Hbond substituents is 1. The van der Waals surface area contributed by atoms with Gasteiger partial charge in [-0.1, -0.05) is 11.6 Å². The van der Waals surface area contributed by atoms with E-state index in [0.29, 0.717) is 5.75 Å². The maximum absolute atomic E-state index is 9.69. The van der Waals surface area contributed by atoms with Gasteiger partial charge in [0.2, 0.25) is 0 Å². The topological polar surface area (TPSA) is 44.7 Å². The minimum atomic E-state index is 0.0644. The molecule has 0 saturated carbocycles. The summed E-state index contributed by atoms with van der Waals surface area (Å²) in [4.78, 5) is 2.19. The molecule has 0 bridgehead atoms. The third-order valence-electron chi connectivity index (χ3n) is 2.71. The predicted octanol–water partition coefficient (Wildman–Crippen LogP) is 1.46. The molecule has 1 aromatic rings. The van der Waals surface area contributed by atoms with Crippen LogP contribution in [0.3, 0.4) is 0 Å². The van der Waals surface area contributed by atoms with Crippen molar-refractivity contribution in [3.8, 4) is 11.5 Å². The second-order valence-electron chi connectivity index (χ2n) is 3.72. The molecule has 1 heterocycles. The summed E-state index contributed by atoms with van der Waals surface area (Å²) in [6.07, 6.45) is 0. The van der Waals surface area contributed by atoms with E-state index in [2.05, 4.69) is 10.2 Å². The van der Waals surface area contributed by atoms with Gasteiger partial charge in [-0.05, 0) is 0 Å². The SMILES string of the molecule is COc1cc(N2CCNCC2)cc(O)c1Cl. The van der Waals surface area contributed by atoms with Crippen LogP contribution in [0, 0.1) is 0 Å². The molecule has 0 radical (unpaired) electrons. The summed E-state index contributed by atoms with van der Waals surface area (Å²) in [5.41, 5.74) is 0.945. The highest BCUT2D eigenvalue weighted by molar-refractivity contribution is 6.33. The first-order chi connectivity index (χ1) is 7.72. The molecule has 1 fully saturated rings. The quantitative estimate of drug-likeness (QED) is 0.824. The van der Waals surface area contributed by atoms with Crippen molar-refractivity contribution < 1.29 is 9.84 Å². The highest BCUT2D eigenvalue weighted by Crippen LogP contribution is 2.37. The fourth-order valence-electron chi connectivity index (χ4n) is 1.82. The molecule has 2 N–H and O–H groups in total. The van der Waals surface area contributed by atoms with E-state index in [1.807, 2.05) is 6.07 Å². The zero-order valence-electron chi connectivity index (χ0n) is 9.16. The van der Waals surface area contributed by atoms with Gasteiger partial charge in [0.1, 0.15) is 16.5 Å². The molecule has 16 heavy (non-hydrogen) atoms. The Bertz CT molecular complexity index is 378. The number of methoxy groups -OCH3 is 1. The van der Waals surface area contributed by atoms with Crippen molar-refractivity contribution in [3.63, 3.8) is 0 Å². The second kappa shape index (κ2) is 4.80. The fraction of sp³-hybridized carbons (Fsp3) is 0.455. The number of nitrogens with zero attached hydrogens (tertiary/aromatic N) is 1. The fourth-order valence-corrected chi connectivity index (χ4v) is 2.01. The number of piperazine rings is 1. The molecule has 2 rings (SSSR count). The van der Waals surface area contributed by atoms with Crippen molar-refractivity contribution in [2.24, 2.45) is 0 Å². The molecular weight excluding hydrogens is 228 g/mol. The molecule has 1 aliphatic rings. The molecule has 88 valence electrons. The summed E-state index contributed by atoms with van der Waals surface area (Å²) in [7, 11) is 1.54. The van der Waals surface area contributed by atoms with E-state index in [-0.39, 0.29) is 10.8 Å². The van der Waals surface area contributed by atoms with E-state index < -0.39 is 0 Å². The highest BCUT2D eigenvalue weighted by atomic mass is 35.5. The van der Waals surface area contributed by atoms with Gasteiger partial charge in [0, 0.05) is 44.0 Å². The van der Waals surface area contributed by atoms with Gasteiger partial charge in [0.05, 0.1) is 7.11 Å². The van der Waals surface area contributed by atoms with Crippen LogP contribution in [0.2, 0.25) is 5.02 Å². The first kappa shape index (κ1) is 11.4. The largest absolute Gasteiger partial charge is 0.506 e. The minimum Gasteiger partial charge on any atom is -0.506 e. The van der Waals surface area contributed by atoms with Crippen LogP contribution in [0.5, 0.6) is 11.5 Å². The van der Waals surface area contributed by atoms with E-state index >= 15 is 0 Å². The average Bonchev–Trinajstić information content (AvgIpc) is 2.33. The van der Waals surface area contributed by atoms with E-state index in [1.165, 1.54) is 0 Å². The van der Waals surface area contributed by atoms with Gasteiger partial charge in [0.25, 0.3) is 0 Å². The zero-order valence-corrected chi connectivity index (χ0v) is 9.92. The number of halogens is 1. The Morgan fingerprint density at radius 2 is 2.06 bits per heavy atom.